The molecule has 2 amide bonds. The number of piperidine rings is 2. The molecule has 0 aliphatic carbocycles. The average molecular weight is 424 g/mol. The normalized spacial score (nSPS) is 21.2. The summed E-state index contributed by atoms with van der Waals surface area (Å²) >= 11 is 0. The Balaban J connectivity index is 1.60. The van der Waals surface area contributed by atoms with Crippen molar-refractivity contribution in [2.45, 2.75) is 45.1 Å². The van der Waals surface area contributed by atoms with Crippen LogP contribution in [0.3, 0.4) is 0 Å². The van der Waals surface area contributed by atoms with Gasteiger partial charge in [-0.2, -0.15) is 0 Å². The molecule has 0 saturated carbocycles. The van der Waals surface area contributed by atoms with Crippen LogP contribution >= 0.6 is 0 Å². The lowest BCUT2D eigenvalue weighted by molar-refractivity contribution is -0.131. The van der Waals surface area contributed by atoms with Crippen LogP contribution in [0.4, 0.5) is 0 Å². The second kappa shape index (κ2) is 9.17. The van der Waals surface area contributed by atoms with E-state index in [1.54, 1.807) is 17.3 Å². The zero-order chi connectivity index (χ0) is 21.0. The lowest BCUT2D eigenvalue weighted by Crippen LogP contribution is -2.51. The summed E-state index contributed by atoms with van der Waals surface area (Å²) in [7, 11) is -3.38. The van der Waals surface area contributed by atoms with Gasteiger partial charge in [-0.15, -0.1) is 0 Å². The third-order valence-electron chi connectivity index (χ3n) is 5.73. The van der Waals surface area contributed by atoms with Crippen LogP contribution in [0.1, 0.15) is 48.3 Å². The first-order valence-electron chi connectivity index (χ1n) is 10.1. The first-order chi connectivity index (χ1) is 13.7. The topological polar surface area (TPSA) is 113 Å². The van der Waals surface area contributed by atoms with E-state index in [1.165, 1.54) is 0 Å². The maximum atomic E-state index is 13.0. The summed E-state index contributed by atoms with van der Waals surface area (Å²) < 4.78 is 24.6. The van der Waals surface area contributed by atoms with Crippen molar-refractivity contribution in [1.82, 2.24) is 24.5 Å². The van der Waals surface area contributed by atoms with Crippen molar-refractivity contribution in [3.63, 3.8) is 0 Å². The molecule has 160 valence electrons. The Morgan fingerprint density at radius 1 is 1.10 bits per heavy atom. The van der Waals surface area contributed by atoms with Gasteiger partial charge >= 0.3 is 0 Å². The zero-order valence-electron chi connectivity index (χ0n) is 17.0. The van der Waals surface area contributed by atoms with Crippen molar-refractivity contribution in [2.75, 3.05) is 32.4 Å². The van der Waals surface area contributed by atoms with Crippen molar-refractivity contribution in [3.8, 4) is 0 Å². The number of nitrogens with one attached hydrogen (secondary N) is 1. The minimum absolute atomic E-state index is 0.0712. The first-order valence-corrected chi connectivity index (χ1v) is 12.0. The van der Waals surface area contributed by atoms with Crippen LogP contribution < -0.4 is 4.72 Å². The molecule has 1 atom stereocenters. The second-order valence-corrected chi connectivity index (χ2v) is 9.75. The monoisotopic (exact) mass is 423 g/mol. The summed E-state index contributed by atoms with van der Waals surface area (Å²) in [4.78, 5) is 37.3. The number of hydrogen-bond donors (Lipinski definition) is 1. The summed E-state index contributed by atoms with van der Waals surface area (Å²) in [5.74, 6) is 0.0445. The van der Waals surface area contributed by atoms with E-state index < -0.39 is 10.0 Å². The zero-order valence-corrected chi connectivity index (χ0v) is 17.8. The summed E-state index contributed by atoms with van der Waals surface area (Å²) in [6.07, 6.45) is 8.83. The van der Waals surface area contributed by atoms with E-state index >= 15 is 0 Å². The number of carbonyl (C=O) groups excluding carboxylic acids is 2. The molecule has 0 bridgehead atoms. The van der Waals surface area contributed by atoms with Gasteiger partial charge in [0, 0.05) is 31.9 Å². The van der Waals surface area contributed by atoms with E-state index in [0.29, 0.717) is 24.7 Å². The Morgan fingerprint density at radius 2 is 1.83 bits per heavy atom. The summed E-state index contributed by atoms with van der Waals surface area (Å²) in [5, 5.41) is 0. The highest BCUT2D eigenvalue weighted by atomic mass is 32.2. The first kappa shape index (κ1) is 21.6. The summed E-state index contributed by atoms with van der Waals surface area (Å²) in [6, 6.07) is 0.144. The molecule has 10 heteroatoms. The summed E-state index contributed by atoms with van der Waals surface area (Å²) in [5.41, 5.74) is 1.15. The van der Waals surface area contributed by atoms with E-state index in [1.807, 2.05) is 11.8 Å². The van der Waals surface area contributed by atoms with Crippen molar-refractivity contribution in [2.24, 2.45) is 5.92 Å². The fourth-order valence-corrected chi connectivity index (χ4v) is 4.57. The summed E-state index contributed by atoms with van der Waals surface area (Å²) in [6.45, 7) is 3.52. The van der Waals surface area contributed by atoms with Crippen LogP contribution in [-0.4, -0.2) is 78.5 Å². The van der Waals surface area contributed by atoms with E-state index in [4.69, 9.17) is 0 Å². The van der Waals surface area contributed by atoms with Crippen molar-refractivity contribution in [1.29, 1.82) is 0 Å². The number of carbonyl (C=O) groups is 2. The Bertz CT molecular complexity index is 835. The number of hydrogen-bond acceptors (Lipinski definition) is 6. The molecule has 0 aromatic carbocycles. The standard InChI is InChI=1S/C19H29N5O4S/c1-14-11-21-16(12-20-14)19(26)24-8-4-3-5-17(24)15-6-9-23(10-7-15)18(25)13-22-29(2,27)28/h11-12,15,17,22H,3-10,13H2,1-2H3. The lowest BCUT2D eigenvalue weighted by atomic mass is 9.83. The van der Waals surface area contributed by atoms with Crippen molar-refractivity contribution in [3.05, 3.63) is 23.8 Å². The van der Waals surface area contributed by atoms with Crippen molar-refractivity contribution >= 4 is 21.8 Å². The quantitative estimate of drug-likeness (QED) is 0.741. The molecule has 0 radical (unpaired) electrons. The fraction of sp³-hybridized carbons (Fsp3) is 0.684. The third-order valence-corrected chi connectivity index (χ3v) is 6.40. The maximum Gasteiger partial charge on any atom is 0.274 e. The van der Waals surface area contributed by atoms with Gasteiger partial charge in [0.1, 0.15) is 5.69 Å². The highest BCUT2D eigenvalue weighted by Gasteiger charge is 2.36. The van der Waals surface area contributed by atoms with Crippen LogP contribution in [0.2, 0.25) is 0 Å². The van der Waals surface area contributed by atoms with E-state index in [-0.39, 0.29) is 24.4 Å². The Morgan fingerprint density at radius 3 is 2.45 bits per heavy atom. The SMILES string of the molecule is Cc1cnc(C(=O)N2CCCCC2C2CCN(C(=O)CNS(C)(=O)=O)CC2)cn1. The number of amides is 2. The van der Waals surface area contributed by atoms with Gasteiger partial charge in [0.2, 0.25) is 15.9 Å². The van der Waals surface area contributed by atoms with Gasteiger partial charge in [-0.05, 0) is 44.9 Å². The molecule has 2 aliphatic rings. The Hall–Kier alpha value is -2.07. The van der Waals surface area contributed by atoms with Gasteiger partial charge in [-0.1, -0.05) is 0 Å². The molecule has 29 heavy (non-hydrogen) atoms. The van der Waals surface area contributed by atoms with Crippen LogP contribution in [0.25, 0.3) is 0 Å². The fourth-order valence-electron chi connectivity index (χ4n) is 4.19. The van der Waals surface area contributed by atoms with Gasteiger partial charge in [-0.25, -0.2) is 18.1 Å². The maximum absolute atomic E-state index is 13.0. The minimum atomic E-state index is -3.38. The molecule has 0 spiro atoms. The largest absolute Gasteiger partial charge is 0.342 e. The molecule has 3 rings (SSSR count). The lowest BCUT2D eigenvalue weighted by Gasteiger charge is -2.43. The van der Waals surface area contributed by atoms with Crippen LogP contribution in [0.5, 0.6) is 0 Å². The molecule has 2 aliphatic heterocycles. The second-order valence-electron chi connectivity index (χ2n) is 7.92. The van der Waals surface area contributed by atoms with E-state index in [0.717, 1.165) is 50.6 Å². The molecule has 1 aromatic heterocycles. The van der Waals surface area contributed by atoms with Gasteiger partial charge < -0.3 is 9.80 Å². The number of aromatic nitrogens is 2. The van der Waals surface area contributed by atoms with Gasteiger partial charge in [0.05, 0.1) is 24.7 Å². The molecular weight excluding hydrogens is 394 g/mol. The molecule has 9 nitrogen and oxygen atoms in total. The molecule has 3 heterocycles. The van der Waals surface area contributed by atoms with E-state index in [9.17, 15) is 18.0 Å². The molecule has 1 unspecified atom stereocenters. The molecule has 2 fully saturated rings. The highest BCUT2D eigenvalue weighted by molar-refractivity contribution is 7.88. The minimum Gasteiger partial charge on any atom is -0.342 e. The van der Waals surface area contributed by atoms with Crippen LogP contribution in [-0.2, 0) is 14.8 Å². The smallest absolute Gasteiger partial charge is 0.274 e. The number of aryl methyl sites for hydroxylation is 1. The van der Waals surface area contributed by atoms with Gasteiger partial charge in [0.25, 0.3) is 5.91 Å². The van der Waals surface area contributed by atoms with Gasteiger partial charge in [0.15, 0.2) is 0 Å². The predicted molar refractivity (Wildman–Crippen MR) is 108 cm³/mol. The van der Waals surface area contributed by atoms with E-state index in [2.05, 4.69) is 14.7 Å². The molecule has 1 aromatic rings. The Labute approximate surface area is 171 Å². The number of sulfonamides is 1. The molecule has 1 N–H and O–H groups in total. The number of rotatable bonds is 5. The number of nitrogens with zero attached hydrogens (tertiary/aromatic N) is 4. The highest BCUT2D eigenvalue weighted by Crippen LogP contribution is 2.31. The number of likely N-dealkylation sites (tertiary alicyclic amines) is 2. The van der Waals surface area contributed by atoms with Crippen LogP contribution in [0, 0.1) is 12.8 Å². The van der Waals surface area contributed by atoms with Gasteiger partial charge in [-0.3, -0.25) is 14.6 Å². The van der Waals surface area contributed by atoms with Crippen LogP contribution in [0.15, 0.2) is 12.4 Å². The predicted octanol–water partition coefficient (Wildman–Crippen LogP) is 0.568. The molecular formula is C19H29N5O4S. The Kier molecular flexibility index (Phi) is 6.84. The van der Waals surface area contributed by atoms with Crippen molar-refractivity contribution < 1.29 is 18.0 Å². The third kappa shape index (κ3) is 5.72. The molecule has 2 saturated heterocycles. The average Bonchev–Trinajstić information content (AvgIpc) is 2.71.